The predicted molar refractivity (Wildman–Crippen MR) is 111 cm³/mol. The summed E-state index contributed by atoms with van der Waals surface area (Å²) in [6.45, 7) is 3.58. The number of hydrogen-bond acceptors (Lipinski definition) is 6. The Labute approximate surface area is 175 Å². The van der Waals surface area contributed by atoms with E-state index in [4.69, 9.17) is 20.8 Å². The number of nitrogens with zero attached hydrogens (tertiary/aromatic N) is 2. The number of thiazole rings is 1. The third kappa shape index (κ3) is 3.47. The van der Waals surface area contributed by atoms with E-state index in [-0.39, 0.29) is 5.56 Å². The van der Waals surface area contributed by atoms with Crippen LogP contribution < -0.4 is 14.9 Å². The SMILES string of the molecule is COC(=O)C1=C(C)N=c2s/c(=C\c3ccc(C)o3)c(=O)n2[C@H]1c1ccc(Cl)cc1. The topological polar surface area (TPSA) is 73.8 Å². The van der Waals surface area contributed by atoms with Gasteiger partial charge in [-0.25, -0.2) is 9.79 Å². The van der Waals surface area contributed by atoms with Crippen LogP contribution in [0.5, 0.6) is 0 Å². The van der Waals surface area contributed by atoms with Crippen molar-refractivity contribution in [3.8, 4) is 0 Å². The van der Waals surface area contributed by atoms with Gasteiger partial charge in [-0.15, -0.1) is 0 Å². The normalized spacial score (nSPS) is 16.6. The summed E-state index contributed by atoms with van der Waals surface area (Å²) in [5.74, 6) is 0.814. The van der Waals surface area contributed by atoms with Crippen LogP contribution in [-0.2, 0) is 9.53 Å². The van der Waals surface area contributed by atoms with E-state index < -0.39 is 12.0 Å². The number of rotatable bonds is 3. The summed E-state index contributed by atoms with van der Waals surface area (Å²) in [5.41, 5.74) is 1.32. The molecule has 3 heterocycles. The molecule has 148 valence electrons. The highest BCUT2D eigenvalue weighted by Crippen LogP contribution is 2.31. The predicted octanol–water partition coefficient (Wildman–Crippen LogP) is 2.96. The molecule has 1 atom stereocenters. The lowest BCUT2D eigenvalue weighted by Gasteiger charge is -2.24. The molecule has 0 N–H and O–H groups in total. The second-order valence-corrected chi connectivity index (χ2v) is 8.02. The molecule has 29 heavy (non-hydrogen) atoms. The second kappa shape index (κ2) is 7.50. The summed E-state index contributed by atoms with van der Waals surface area (Å²) >= 11 is 7.28. The number of fused-ring (bicyclic) bond motifs is 1. The summed E-state index contributed by atoms with van der Waals surface area (Å²) in [6, 6.07) is 10.0. The van der Waals surface area contributed by atoms with Crippen LogP contribution in [0.15, 0.2) is 61.9 Å². The van der Waals surface area contributed by atoms with Crippen LogP contribution in [0, 0.1) is 6.92 Å². The van der Waals surface area contributed by atoms with E-state index >= 15 is 0 Å². The van der Waals surface area contributed by atoms with Gasteiger partial charge in [0.2, 0.25) is 0 Å². The molecule has 0 radical (unpaired) electrons. The average molecular weight is 429 g/mol. The van der Waals surface area contributed by atoms with Crippen LogP contribution in [-0.4, -0.2) is 17.6 Å². The number of aromatic nitrogens is 1. The minimum atomic E-state index is -0.656. The van der Waals surface area contributed by atoms with Gasteiger partial charge in [-0.1, -0.05) is 35.1 Å². The van der Waals surface area contributed by atoms with Gasteiger partial charge < -0.3 is 9.15 Å². The van der Waals surface area contributed by atoms with Crippen LogP contribution in [0.3, 0.4) is 0 Å². The lowest BCUT2D eigenvalue weighted by atomic mass is 9.96. The van der Waals surface area contributed by atoms with E-state index in [0.29, 0.717) is 31.4 Å². The Morgan fingerprint density at radius 1 is 1.24 bits per heavy atom. The Kier molecular flexibility index (Phi) is 5.02. The molecule has 1 aliphatic heterocycles. The van der Waals surface area contributed by atoms with Crippen molar-refractivity contribution < 1.29 is 13.9 Å². The molecule has 4 rings (SSSR count). The summed E-state index contributed by atoms with van der Waals surface area (Å²) in [7, 11) is 1.31. The zero-order chi connectivity index (χ0) is 20.7. The number of carbonyl (C=O) groups excluding carboxylic acids is 1. The maximum atomic E-state index is 13.3. The molecular formula is C21H17ClN2O4S. The van der Waals surface area contributed by atoms with Gasteiger partial charge in [-0.05, 0) is 43.7 Å². The molecule has 1 aromatic carbocycles. The highest BCUT2D eigenvalue weighted by atomic mass is 35.5. The Bertz CT molecular complexity index is 1310. The first-order valence-corrected chi connectivity index (χ1v) is 10.0. The van der Waals surface area contributed by atoms with Crippen molar-refractivity contribution in [1.29, 1.82) is 0 Å². The van der Waals surface area contributed by atoms with Crippen LogP contribution in [0.2, 0.25) is 5.02 Å². The largest absolute Gasteiger partial charge is 0.466 e. The summed E-state index contributed by atoms with van der Waals surface area (Å²) in [6.07, 6.45) is 1.69. The fourth-order valence-electron chi connectivity index (χ4n) is 3.31. The molecule has 0 fully saturated rings. The highest BCUT2D eigenvalue weighted by Gasteiger charge is 2.33. The number of aryl methyl sites for hydroxylation is 1. The standard InChI is InChI=1S/C21H17ClN2O4S/c1-11-4-9-15(28-11)10-16-19(25)24-18(13-5-7-14(22)8-6-13)17(20(26)27-3)12(2)23-21(24)29-16/h4-10,18H,1-3H3/b16-10-/t18-/m0/s1. The van der Waals surface area contributed by atoms with Crippen LogP contribution >= 0.6 is 22.9 Å². The van der Waals surface area contributed by atoms with Crippen molar-refractivity contribution in [3.63, 3.8) is 0 Å². The number of esters is 1. The number of ether oxygens (including phenoxy) is 1. The van der Waals surface area contributed by atoms with E-state index in [1.54, 1.807) is 43.3 Å². The quantitative estimate of drug-likeness (QED) is 0.601. The lowest BCUT2D eigenvalue weighted by molar-refractivity contribution is -0.136. The molecule has 8 heteroatoms. The Hall–Kier alpha value is -2.90. The molecule has 0 saturated heterocycles. The first-order valence-electron chi connectivity index (χ1n) is 8.82. The van der Waals surface area contributed by atoms with Crippen LogP contribution in [0.1, 0.15) is 30.0 Å². The Morgan fingerprint density at radius 3 is 2.59 bits per heavy atom. The molecule has 0 spiro atoms. The van der Waals surface area contributed by atoms with Gasteiger partial charge in [-0.3, -0.25) is 9.36 Å². The molecular weight excluding hydrogens is 412 g/mol. The van der Waals surface area contributed by atoms with Crippen molar-refractivity contribution in [2.75, 3.05) is 7.11 Å². The number of carbonyl (C=O) groups is 1. The van der Waals surface area contributed by atoms with E-state index in [2.05, 4.69) is 4.99 Å². The van der Waals surface area contributed by atoms with Crippen LogP contribution in [0.4, 0.5) is 0 Å². The van der Waals surface area contributed by atoms with E-state index in [1.165, 1.54) is 23.0 Å². The fraction of sp³-hybridized carbons (Fsp3) is 0.190. The summed E-state index contributed by atoms with van der Waals surface area (Å²) in [4.78, 5) is 30.8. The van der Waals surface area contributed by atoms with Crippen molar-refractivity contribution in [2.45, 2.75) is 19.9 Å². The molecule has 0 saturated carbocycles. The number of halogens is 1. The lowest BCUT2D eigenvalue weighted by Crippen LogP contribution is -2.39. The third-order valence-electron chi connectivity index (χ3n) is 4.65. The third-order valence-corrected chi connectivity index (χ3v) is 5.88. The summed E-state index contributed by atoms with van der Waals surface area (Å²) < 4.78 is 12.5. The van der Waals surface area contributed by atoms with Crippen molar-refractivity contribution in [1.82, 2.24) is 4.57 Å². The first-order chi connectivity index (χ1) is 13.9. The Morgan fingerprint density at radius 2 is 1.97 bits per heavy atom. The van der Waals surface area contributed by atoms with Gasteiger partial charge >= 0.3 is 5.97 Å². The van der Waals surface area contributed by atoms with Crippen molar-refractivity contribution >= 4 is 35.0 Å². The molecule has 0 aliphatic carbocycles. The number of furan rings is 1. The zero-order valence-electron chi connectivity index (χ0n) is 15.9. The molecule has 0 amide bonds. The van der Waals surface area contributed by atoms with Gasteiger partial charge in [0.05, 0.1) is 29.0 Å². The van der Waals surface area contributed by atoms with Gasteiger partial charge in [0, 0.05) is 11.1 Å². The molecule has 6 nitrogen and oxygen atoms in total. The van der Waals surface area contributed by atoms with Crippen LogP contribution in [0.25, 0.3) is 6.08 Å². The van der Waals surface area contributed by atoms with E-state index in [9.17, 15) is 9.59 Å². The minimum absolute atomic E-state index is 0.253. The molecule has 0 bridgehead atoms. The number of methoxy groups -OCH3 is 1. The number of hydrogen-bond donors (Lipinski definition) is 0. The number of allylic oxidation sites excluding steroid dienone is 1. The number of benzene rings is 1. The van der Waals surface area contributed by atoms with E-state index in [1.807, 2.05) is 13.0 Å². The molecule has 2 aromatic heterocycles. The molecule has 1 aliphatic rings. The highest BCUT2D eigenvalue weighted by molar-refractivity contribution is 7.07. The smallest absolute Gasteiger partial charge is 0.338 e. The maximum absolute atomic E-state index is 13.3. The van der Waals surface area contributed by atoms with Gasteiger partial charge in [-0.2, -0.15) is 0 Å². The maximum Gasteiger partial charge on any atom is 0.338 e. The minimum Gasteiger partial charge on any atom is -0.466 e. The van der Waals surface area contributed by atoms with Crippen molar-refractivity contribution in [3.05, 3.63) is 89.5 Å². The molecule has 3 aromatic rings. The Balaban J connectivity index is 1.98. The van der Waals surface area contributed by atoms with Gasteiger partial charge in [0.25, 0.3) is 5.56 Å². The van der Waals surface area contributed by atoms with Gasteiger partial charge in [0.15, 0.2) is 4.80 Å². The van der Waals surface area contributed by atoms with E-state index in [0.717, 1.165) is 11.3 Å². The first kappa shape index (κ1) is 19.4. The summed E-state index contributed by atoms with van der Waals surface area (Å²) in [5, 5.41) is 0.565. The van der Waals surface area contributed by atoms with Gasteiger partial charge in [0.1, 0.15) is 11.5 Å². The monoisotopic (exact) mass is 428 g/mol. The zero-order valence-corrected chi connectivity index (χ0v) is 17.5. The molecule has 0 unspecified atom stereocenters. The fourth-order valence-corrected chi connectivity index (χ4v) is 4.47. The average Bonchev–Trinajstić information content (AvgIpc) is 3.24. The second-order valence-electron chi connectivity index (χ2n) is 6.57. The van der Waals surface area contributed by atoms with Crippen molar-refractivity contribution in [2.24, 2.45) is 4.99 Å².